The maximum atomic E-state index is 12.1. The second kappa shape index (κ2) is 5.22. The van der Waals surface area contributed by atoms with Crippen molar-refractivity contribution in [2.75, 3.05) is 31.2 Å². The Morgan fingerprint density at radius 2 is 2.06 bits per heavy atom. The van der Waals surface area contributed by atoms with Gasteiger partial charge in [0.1, 0.15) is 5.82 Å². The summed E-state index contributed by atoms with van der Waals surface area (Å²) in [6, 6.07) is 1.50. The second-order valence-electron chi connectivity index (χ2n) is 4.18. The lowest BCUT2D eigenvalue weighted by Gasteiger charge is -2.30. The van der Waals surface area contributed by atoms with Crippen molar-refractivity contribution in [1.82, 2.24) is 9.13 Å². The third-order valence-corrected chi connectivity index (χ3v) is 3.02. The molecule has 98 valence electrons. The van der Waals surface area contributed by atoms with Gasteiger partial charge in [0, 0.05) is 32.7 Å². The van der Waals surface area contributed by atoms with Gasteiger partial charge < -0.3 is 9.64 Å². The fourth-order valence-electron chi connectivity index (χ4n) is 2.01. The molecule has 1 aromatic heterocycles. The summed E-state index contributed by atoms with van der Waals surface area (Å²) in [5.41, 5.74) is -0.606. The SMILES string of the molecule is C=CCn1c(N2CCOCC2)cc(=O)n(C)c1=O. The Balaban J connectivity index is 2.53. The quantitative estimate of drug-likeness (QED) is 0.684. The van der Waals surface area contributed by atoms with Gasteiger partial charge in [-0.1, -0.05) is 6.08 Å². The van der Waals surface area contributed by atoms with Gasteiger partial charge in [0.2, 0.25) is 0 Å². The molecule has 1 fully saturated rings. The Labute approximate surface area is 105 Å². The topological polar surface area (TPSA) is 56.5 Å². The molecule has 1 aliphatic rings. The van der Waals surface area contributed by atoms with Gasteiger partial charge in [0.25, 0.3) is 5.56 Å². The summed E-state index contributed by atoms with van der Waals surface area (Å²) in [7, 11) is 1.48. The summed E-state index contributed by atoms with van der Waals surface area (Å²) in [6.45, 7) is 6.62. The summed E-state index contributed by atoms with van der Waals surface area (Å²) in [5, 5.41) is 0. The van der Waals surface area contributed by atoms with Crippen molar-refractivity contribution in [3.8, 4) is 0 Å². The predicted octanol–water partition coefficient (Wildman–Crippen LogP) is -0.430. The summed E-state index contributed by atoms with van der Waals surface area (Å²) < 4.78 is 7.93. The molecule has 6 nitrogen and oxygen atoms in total. The average Bonchev–Trinajstić information content (AvgIpc) is 2.40. The molecule has 2 rings (SSSR count). The number of anilines is 1. The second-order valence-corrected chi connectivity index (χ2v) is 4.18. The highest BCUT2D eigenvalue weighted by Crippen LogP contribution is 2.11. The smallest absolute Gasteiger partial charge is 0.332 e. The average molecular weight is 251 g/mol. The van der Waals surface area contributed by atoms with Crippen LogP contribution >= 0.6 is 0 Å². The van der Waals surface area contributed by atoms with Gasteiger partial charge >= 0.3 is 5.69 Å². The summed E-state index contributed by atoms with van der Waals surface area (Å²) in [5.74, 6) is 0.645. The summed E-state index contributed by atoms with van der Waals surface area (Å²) in [4.78, 5) is 25.8. The van der Waals surface area contributed by atoms with E-state index in [1.54, 1.807) is 10.6 Å². The molecule has 0 bridgehead atoms. The third kappa shape index (κ3) is 2.24. The van der Waals surface area contributed by atoms with E-state index in [4.69, 9.17) is 4.74 Å². The minimum absolute atomic E-state index is 0.290. The van der Waals surface area contributed by atoms with Crippen LogP contribution in [0.25, 0.3) is 0 Å². The predicted molar refractivity (Wildman–Crippen MR) is 69.2 cm³/mol. The van der Waals surface area contributed by atoms with E-state index in [-0.39, 0.29) is 11.2 Å². The van der Waals surface area contributed by atoms with Gasteiger partial charge in [-0.2, -0.15) is 0 Å². The molecule has 0 spiro atoms. The Morgan fingerprint density at radius 1 is 1.39 bits per heavy atom. The number of morpholine rings is 1. The molecular weight excluding hydrogens is 234 g/mol. The lowest BCUT2D eigenvalue weighted by Crippen LogP contribution is -2.44. The molecule has 0 saturated carbocycles. The van der Waals surface area contributed by atoms with Crippen LogP contribution in [0, 0.1) is 0 Å². The zero-order chi connectivity index (χ0) is 13.1. The number of hydrogen-bond donors (Lipinski definition) is 0. The van der Waals surface area contributed by atoms with Crippen LogP contribution in [-0.4, -0.2) is 35.4 Å². The van der Waals surface area contributed by atoms with Crippen LogP contribution in [0.1, 0.15) is 0 Å². The van der Waals surface area contributed by atoms with Crippen LogP contribution in [0.5, 0.6) is 0 Å². The van der Waals surface area contributed by atoms with E-state index in [1.807, 2.05) is 4.90 Å². The highest BCUT2D eigenvalue weighted by molar-refractivity contribution is 5.39. The minimum atomic E-state index is -0.316. The zero-order valence-corrected chi connectivity index (χ0v) is 10.5. The van der Waals surface area contributed by atoms with Gasteiger partial charge in [-0.05, 0) is 0 Å². The number of allylic oxidation sites excluding steroid dienone is 1. The van der Waals surface area contributed by atoms with Crippen molar-refractivity contribution < 1.29 is 4.74 Å². The molecule has 0 N–H and O–H groups in total. The van der Waals surface area contributed by atoms with Crippen LogP contribution in [0.15, 0.2) is 28.3 Å². The standard InChI is InChI=1S/C12H17N3O3/c1-3-4-15-10(14-5-7-18-8-6-14)9-11(16)13(2)12(15)17/h3,9H,1,4-8H2,2H3. The van der Waals surface area contributed by atoms with Crippen LogP contribution in [0.4, 0.5) is 5.82 Å². The fraction of sp³-hybridized carbons (Fsp3) is 0.500. The molecule has 1 saturated heterocycles. The zero-order valence-electron chi connectivity index (χ0n) is 10.5. The highest BCUT2D eigenvalue weighted by atomic mass is 16.5. The molecule has 0 unspecified atom stereocenters. The van der Waals surface area contributed by atoms with Crippen molar-refractivity contribution in [3.63, 3.8) is 0 Å². The molecule has 6 heteroatoms. The van der Waals surface area contributed by atoms with E-state index in [9.17, 15) is 9.59 Å². The van der Waals surface area contributed by atoms with E-state index in [1.165, 1.54) is 13.1 Å². The lowest BCUT2D eigenvalue weighted by atomic mass is 10.4. The first-order valence-electron chi connectivity index (χ1n) is 5.89. The van der Waals surface area contributed by atoms with Gasteiger partial charge in [0.05, 0.1) is 13.2 Å². The first-order valence-corrected chi connectivity index (χ1v) is 5.89. The van der Waals surface area contributed by atoms with Gasteiger partial charge in [-0.25, -0.2) is 4.79 Å². The highest BCUT2D eigenvalue weighted by Gasteiger charge is 2.17. The van der Waals surface area contributed by atoms with E-state index in [0.29, 0.717) is 38.7 Å². The Bertz CT molecular complexity index is 553. The molecule has 0 aliphatic carbocycles. The Hall–Kier alpha value is -1.82. The largest absolute Gasteiger partial charge is 0.378 e. The van der Waals surface area contributed by atoms with Crippen LogP contribution in [0.3, 0.4) is 0 Å². The number of nitrogens with zero attached hydrogens (tertiary/aromatic N) is 3. The Kier molecular flexibility index (Phi) is 3.66. The molecule has 0 radical (unpaired) electrons. The number of aromatic nitrogens is 2. The third-order valence-electron chi connectivity index (χ3n) is 3.02. The minimum Gasteiger partial charge on any atom is -0.378 e. The number of rotatable bonds is 3. The van der Waals surface area contributed by atoms with Crippen LogP contribution < -0.4 is 16.1 Å². The normalized spacial score (nSPS) is 15.7. The molecular formula is C12H17N3O3. The van der Waals surface area contributed by atoms with Crippen molar-refractivity contribution in [3.05, 3.63) is 39.6 Å². The van der Waals surface area contributed by atoms with Crippen molar-refractivity contribution in [1.29, 1.82) is 0 Å². The van der Waals surface area contributed by atoms with Gasteiger partial charge in [-0.3, -0.25) is 13.9 Å². The molecule has 0 amide bonds. The Morgan fingerprint density at radius 3 is 2.67 bits per heavy atom. The van der Waals surface area contributed by atoms with E-state index in [2.05, 4.69) is 6.58 Å². The van der Waals surface area contributed by atoms with E-state index >= 15 is 0 Å². The molecule has 18 heavy (non-hydrogen) atoms. The molecule has 0 atom stereocenters. The summed E-state index contributed by atoms with van der Waals surface area (Å²) >= 11 is 0. The van der Waals surface area contributed by atoms with Crippen LogP contribution in [0.2, 0.25) is 0 Å². The lowest BCUT2D eigenvalue weighted by molar-refractivity contribution is 0.122. The van der Waals surface area contributed by atoms with Crippen molar-refractivity contribution in [2.45, 2.75) is 6.54 Å². The number of hydrogen-bond acceptors (Lipinski definition) is 4. The molecule has 2 heterocycles. The van der Waals surface area contributed by atoms with Gasteiger partial charge in [-0.15, -0.1) is 6.58 Å². The molecule has 1 aliphatic heterocycles. The molecule has 1 aromatic rings. The van der Waals surface area contributed by atoms with E-state index in [0.717, 1.165) is 4.57 Å². The van der Waals surface area contributed by atoms with Gasteiger partial charge in [0.15, 0.2) is 0 Å². The summed E-state index contributed by atoms with van der Waals surface area (Å²) in [6.07, 6.45) is 1.65. The first-order chi connectivity index (χ1) is 8.65. The van der Waals surface area contributed by atoms with Crippen molar-refractivity contribution in [2.24, 2.45) is 7.05 Å². The van der Waals surface area contributed by atoms with Crippen LogP contribution in [-0.2, 0) is 18.3 Å². The van der Waals surface area contributed by atoms with E-state index < -0.39 is 0 Å². The maximum absolute atomic E-state index is 12.1. The maximum Gasteiger partial charge on any atom is 0.332 e. The fourth-order valence-corrected chi connectivity index (χ4v) is 2.01. The molecule has 0 aromatic carbocycles. The van der Waals surface area contributed by atoms with Crippen molar-refractivity contribution >= 4 is 5.82 Å². The monoisotopic (exact) mass is 251 g/mol. The first kappa shape index (κ1) is 12.6. The number of ether oxygens (including phenoxy) is 1.